The number of aromatic nitrogens is 2. The van der Waals surface area contributed by atoms with Crippen molar-refractivity contribution in [1.29, 1.82) is 0 Å². The Balaban J connectivity index is 1.61. The van der Waals surface area contributed by atoms with Crippen LogP contribution in [0.25, 0.3) is 0 Å². The molecule has 2 heterocycles. The van der Waals surface area contributed by atoms with Crippen LogP contribution in [-0.2, 0) is 19.9 Å². The largest absolute Gasteiger partial charge is 0.493 e. The Kier molecular flexibility index (Phi) is 4.25. The van der Waals surface area contributed by atoms with Crippen LogP contribution in [0.15, 0.2) is 30.6 Å². The van der Waals surface area contributed by atoms with Gasteiger partial charge in [-0.3, -0.25) is 0 Å². The third-order valence-corrected chi connectivity index (χ3v) is 4.18. The van der Waals surface area contributed by atoms with Crippen LogP contribution in [0.3, 0.4) is 0 Å². The highest BCUT2D eigenvalue weighted by molar-refractivity contribution is 5.40. The number of aryl methyl sites for hydroxylation is 1. The van der Waals surface area contributed by atoms with E-state index in [1.807, 2.05) is 19.4 Å². The molecule has 1 aliphatic heterocycles. The Bertz CT molecular complexity index is 606. The van der Waals surface area contributed by atoms with Gasteiger partial charge < -0.3 is 14.6 Å². The SMILES string of the molecule is CCC(NCCc1nccn1C)c1ccc2c(c1)CCO2. The predicted molar refractivity (Wildman–Crippen MR) is 83.6 cm³/mol. The Morgan fingerprint density at radius 2 is 2.33 bits per heavy atom. The maximum atomic E-state index is 5.58. The monoisotopic (exact) mass is 285 g/mol. The van der Waals surface area contributed by atoms with Crippen molar-refractivity contribution in [1.82, 2.24) is 14.9 Å². The fraction of sp³-hybridized carbons (Fsp3) is 0.471. The number of hydrogen-bond donors (Lipinski definition) is 1. The zero-order chi connectivity index (χ0) is 14.7. The highest BCUT2D eigenvalue weighted by Crippen LogP contribution is 2.29. The summed E-state index contributed by atoms with van der Waals surface area (Å²) < 4.78 is 7.66. The molecule has 0 saturated heterocycles. The molecule has 4 heteroatoms. The molecule has 0 saturated carbocycles. The number of ether oxygens (including phenoxy) is 1. The van der Waals surface area contributed by atoms with Crippen molar-refractivity contribution in [3.63, 3.8) is 0 Å². The number of nitrogens with one attached hydrogen (secondary N) is 1. The molecule has 3 rings (SSSR count). The van der Waals surface area contributed by atoms with Crippen LogP contribution >= 0.6 is 0 Å². The summed E-state index contributed by atoms with van der Waals surface area (Å²) in [6.45, 7) is 3.99. The maximum Gasteiger partial charge on any atom is 0.122 e. The second-order valence-electron chi connectivity index (χ2n) is 5.58. The van der Waals surface area contributed by atoms with Crippen LogP contribution in [0.1, 0.15) is 36.3 Å². The highest BCUT2D eigenvalue weighted by Gasteiger charge is 2.15. The van der Waals surface area contributed by atoms with Gasteiger partial charge in [0.05, 0.1) is 6.61 Å². The van der Waals surface area contributed by atoms with Crippen molar-refractivity contribution in [2.75, 3.05) is 13.2 Å². The number of nitrogens with zero attached hydrogens (tertiary/aromatic N) is 2. The third kappa shape index (κ3) is 3.10. The van der Waals surface area contributed by atoms with Crippen LogP contribution in [0, 0.1) is 0 Å². The third-order valence-electron chi connectivity index (χ3n) is 4.18. The van der Waals surface area contributed by atoms with Gasteiger partial charge >= 0.3 is 0 Å². The van der Waals surface area contributed by atoms with Crippen LogP contribution in [0.4, 0.5) is 0 Å². The van der Waals surface area contributed by atoms with Gasteiger partial charge in [-0.05, 0) is 23.6 Å². The molecule has 0 radical (unpaired) electrons. The Labute approximate surface area is 126 Å². The zero-order valence-corrected chi connectivity index (χ0v) is 12.8. The van der Waals surface area contributed by atoms with E-state index in [1.165, 1.54) is 11.1 Å². The molecule has 1 aliphatic rings. The topological polar surface area (TPSA) is 39.1 Å². The van der Waals surface area contributed by atoms with Crippen molar-refractivity contribution in [2.24, 2.45) is 7.05 Å². The van der Waals surface area contributed by atoms with Gasteiger partial charge in [0.1, 0.15) is 11.6 Å². The van der Waals surface area contributed by atoms with E-state index in [1.54, 1.807) is 0 Å². The predicted octanol–water partition coefficient (Wildman–Crippen LogP) is 2.64. The smallest absolute Gasteiger partial charge is 0.122 e. The zero-order valence-electron chi connectivity index (χ0n) is 12.8. The minimum atomic E-state index is 0.399. The lowest BCUT2D eigenvalue weighted by Gasteiger charge is -2.18. The Morgan fingerprint density at radius 1 is 1.43 bits per heavy atom. The first-order valence-electron chi connectivity index (χ1n) is 7.73. The second kappa shape index (κ2) is 6.31. The second-order valence-corrected chi connectivity index (χ2v) is 5.58. The molecule has 112 valence electrons. The van der Waals surface area contributed by atoms with Crippen molar-refractivity contribution < 1.29 is 4.74 Å². The van der Waals surface area contributed by atoms with Crippen molar-refractivity contribution in [3.8, 4) is 5.75 Å². The van der Waals surface area contributed by atoms with Gasteiger partial charge in [-0.2, -0.15) is 0 Å². The fourth-order valence-electron chi connectivity index (χ4n) is 2.92. The minimum absolute atomic E-state index is 0.399. The molecule has 0 aliphatic carbocycles. The molecule has 0 amide bonds. The van der Waals surface area contributed by atoms with Gasteiger partial charge in [0.15, 0.2) is 0 Å². The molecular weight excluding hydrogens is 262 g/mol. The molecule has 1 aromatic carbocycles. The molecule has 0 fully saturated rings. The van der Waals surface area contributed by atoms with Gasteiger partial charge in [0.25, 0.3) is 0 Å². The average Bonchev–Trinajstić information content (AvgIpc) is 3.12. The van der Waals surface area contributed by atoms with E-state index in [0.717, 1.165) is 44.0 Å². The van der Waals surface area contributed by atoms with Gasteiger partial charge in [0, 0.05) is 44.9 Å². The van der Waals surface area contributed by atoms with Gasteiger partial charge in [-0.1, -0.05) is 19.1 Å². The maximum absolute atomic E-state index is 5.58. The normalized spacial score (nSPS) is 14.8. The van der Waals surface area contributed by atoms with Crippen molar-refractivity contribution in [3.05, 3.63) is 47.5 Å². The summed E-state index contributed by atoms with van der Waals surface area (Å²) in [7, 11) is 2.04. The van der Waals surface area contributed by atoms with Crippen molar-refractivity contribution in [2.45, 2.75) is 32.2 Å². The molecule has 0 bridgehead atoms. The molecule has 1 atom stereocenters. The number of fused-ring (bicyclic) bond motifs is 1. The summed E-state index contributed by atoms with van der Waals surface area (Å²) in [4.78, 5) is 4.36. The molecule has 4 nitrogen and oxygen atoms in total. The van der Waals surface area contributed by atoms with Crippen LogP contribution < -0.4 is 10.1 Å². The number of benzene rings is 1. The summed E-state index contributed by atoms with van der Waals surface area (Å²) in [5.41, 5.74) is 2.71. The lowest BCUT2D eigenvalue weighted by molar-refractivity contribution is 0.356. The van der Waals surface area contributed by atoms with Crippen molar-refractivity contribution >= 4 is 0 Å². The Morgan fingerprint density at radius 3 is 3.10 bits per heavy atom. The highest BCUT2D eigenvalue weighted by atomic mass is 16.5. The van der Waals surface area contributed by atoms with Crippen LogP contribution in [-0.4, -0.2) is 22.7 Å². The van der Waals surface area contributed by atoms with E-state index in [4.69, 9.17) is 4.74 Å². The quantitative estimate of drug-likeness (QED) is 0.887. The molecule has 21 heavy (non-hydrogen) atoms. The average molecular weight is 285 g/mol. The number of hydrogen-bond acceptors (Lipinski definition) is 3. The molecule has 1 aromatic heterocycles. The van der Waals surface area contributed by atoms with Gasteiger partial charge in [-0.25, -0.2) is 4.98 Å². The van der Waals surface area contributed by atoms with Gasteiger partial charge in [0.2, 0.25) is 0 Å². The number of imidazole rings is 1. The standard InChI is InChI=1S/C17H23N3O/c1-3-15(18-8-6-17-19-9-10-20(17)2)13-4-5-16-14(12-13)7-11-21-16/h4-5,9-10,12,15,18H,3,6-8,11H2,1-2H3. The lowest BCUT2D eigenvalue weighted by Crippen LogP contribution is -2.24. The van der Waals surface area contributed by atoms with Crippen LogP contribution in [0.2, 0.25) is 0 Å². The van der Waals surface area contributed by atoms with E-state index in [2.05, 4.69) is 40.0 Å². The van der Waals surface area contributed by atoms with E-state index in [0.29, 0.717) is 6.04 Å². The van der Waals surface area contributed by atoms with Crippen LogP contribution in [0.5, 0.6) is 5.75 Å². The summed E-state index contributed by atoms with van der Waals surface area (Å²) in [5.74, 6) is 2.18. The minimum Gasteiger partial charge on any atom is -0.493 e. The fourth-order valence-corrected chi connectivity index (χ4v) is 2.92. The van der Waals surface area contributed by atoms with E-state index in [9.17, 15) is 0 Å². The summed E-state index contributed by atoms with van der Waals surface area (Å²) >= 11 is 0. The van der Waals surface area contributed by atoms with E-state index >= 15 is 0 Å². The Hall–Kier alpha value is -1.81. The first-order chi connectivity index (χ1) is 10.3. The summed E-state index contributed by atoms with van der Waals surface area (Å²) in [6.07, 6.45) is 6.92. The van der Waals surface area contributed by atoms with E-state index < -0.39 is 0 Å². The summed E-state index contributed by atoms with van der Waals surface area (Å²) in [6, 6.07) is 6.99. The molecular formula is C17H23N3O. The molecule has 2 aromatic rings. The lowest BCUT2D eigenvalue weighted by atomic mass is 10.0. The van der Waals surface area contributed by atoms with Gasteiger partial charge in [-0.15, -0.1) is 0 Å². The van der Waals surface area contributed by atoms with E-state index in [-0.39, 0.29) is 0 Å². The first-order valence-corrected chi connectivity index (χ1v) is 7.73. The molecule has 0 spiro atoms. The summed E-state index contributed by atoms with van der Waals surface area (Å²) in [5, 5.41) is 3.65. The molecule has 1 unspecified atom stereocenters. The molecule has 1 N–H and O–H groups in total. The number of rotatable bonds is 6. The first kappa shape index (κ1) is 14.1.